The van der Waals surface area contributed by atoms with Crippen LogP contribution in [0, 0.1) is 50.4 Å². The van der Waals surface area contributed by atoms with Crippen LogP contribution in [-0.2, 0) is 0 Å². The van der Waals surface area contributed by atoms with Crippen molar-refractivity contribution in [3.05, 3.63) is 143 Å². The smallest absolute Gasteiger partial charge is 0.104 e. The quantitative estimate of drug-likeness (QED) is 0.206. The Morgan fingerprint density at radius 3 is 1.20 bits per heavy atom. The third kappa shape index (κ3) is 3.84. The summed E-state index contributed by atoms with van der Waals surface area (Å²) in [6.45, 7) is 8.62. The summed E-state index contributed by atoms with van der Waals surface area (Å²) >= 11 is 0. The maximum atomic E-state index is 11.1. The van der Waals surface area contributed by atoms with Crippen LogP contribution in [0.15, 0.2) is 109 Å². The highest BCUT2D eigenvalue weighted by molar-refractivity contribution is 6.14. The standard InChI is InChI=1S/C42H30N4/c1-25-10-5-16-33-39(25)40-26(2)11-6-17-34(40)45(33)37-21-31(30-15-9-14-29(20-30)23-43)22-38(32(37)24-44)46-35-18-7-12-27(3)41(35)42-28(4)13-8-19-36(42)46/h5-22H,1-4H3. The Kier molecular flexibility index (Phi) is 6.11. The van der Waals surface area contributed by atoms with Crippen LogP contribution in [0.5, 0.6) is 0 Å². The van der Waals surface area contributed by atoms with E-state index >= 15 is 0 Å². The Balaban J connectivity index is 1.60. The number of nitriles is 2. The normalized spacial score (nSPS) is 11.4. The summed E-state index contributed by atoms with van der Waals surface area (Å²) < 4.78 is 4.52. The number of hydrogen-bond acceptors (Lipinski definition) is 2. The van der Waals surface area contributed by atoms with E-state index in [-0.39, 0.29) is 0 Å². The Morgan fingerprint density at radius 1 is 0.435 bits per heavy atom. The first kappa shape index (κ1) is 27.4. The molecule has 0 fully saturated rings. The van der Waals surface area contributed by atoms with Crippen molar-refractivity contribution in [2.75, 3.05) is 0 Å². The minimum atomic E-state index is 0.587. The van der Waals surface area contributed by atoms with E-state index in [0.29, 0.717) is 11.1 Å². The van der Waals surface area contributed by atoms with E-state index in [1.165, 1.54) is 43.8 Å². The van der Waals surface area contributed by atoms with Gasteiger partial charge in [-0.05, 0) is 110 Å². The van der Waals surface area contributed by atoms with E-state index < -0.39 is 0 Å². The van der Waals surface area contributed by atoms with Gasteiger partial charge in [-0.1, -0.05) is 60.7 Å². The summed E-state index contributed by atoms with van der Waals surface area (Å²) in [5.74, 6) is 0. The van der Waals surface area contributed by atoms with Gasteiger partial charge >= 0.3 is 0 Å². The predicted molar refractivity (Wildman–Crippen MR) is 189 cm³/mol. The van der Waals surface area contributed by atoms with E-state index in [1.807, 2.05) is 24.3 Å². The fraction of sp³-hybridized carbons (Fsp3) is 0.0952. The molecule has 8 aromatic rings. The van der Waals surface area contributed by atoms with Crippen LogP contribution < -0.4 is 0 Å². The van der Waals surface area contributed by atoms with Crippen molar-refractivity contribution in [1.82, 2.24) is 9.13 Å². The highest BCUT2D eigenvalue weighted by Crippen LogP contribution is 2.42. The number of aryl methyl sites for hydroxylation is 4. The maximum absolute atomic E-state index is 11.1. The van der Waals surface area contributed by atoms with Gasteiger partial charge in [0.15, 0.2) is 0 Å². The van der Waals surface area contributed by atoms with Gasteiger partial charge in [0, 0.05) is 21.5 Å². The second-order valence-electron chi connectivity index (χ2n) is 12.2. The van der Waals surface area contributed by atoms with Crippen LogP contribution >= 0.6 is 0 Å². The molecule has 0 bridgehead atoms. The minimum absolute atomic E-state index is 0.587. The SMILES string of the molecule is Cc1cccc2c1c1c(C)cccc1n2-c1cc(-c2cccc(C#N)c2)cc(-n2c3cccc(C)c3c3c(C)cccc32)c1C#N. The molecule has 0 aliphatic heterocycles. The van der Waals surface area contributed by atoms with Crippen molar-refractivity contribution in [3.63, 3.8) is 0 Å². The zero-order chi connectivity index (χ0) is 31.7. The van der Waals surface area contributed by atoms with Crippen LogP contribution in [0.2, 0.25) is 0 Å². The molecule has 2 aromatic heterocycles. The molecule has 0 saturated carbocycles. The summed E-state index contributed by atoms with van der Waals surface area (Å²) in [7, 11) is 0. The molecule has 2 heterocycles. The lowest BCUT2D eigenvalue weighted by molar-refractivity contribution is 1.12. The second kappa shape index (κ2) is 10.2. The zero-order valence-electron chi connectivity index (χ0n) is 26.2. The topological polar surface area (TPSA) is 57.4 Å². The average molecular weight is 591 g/mol. The van der Waals surface area contributed by atoms with Crippen molar-refractivity contribution in [1.29, 1.82) is 10.5 Å². The molecule has 4 heteroatoms. The Labute approximate surface area is 267 Å². The third-order valence-electron chi connectivity index (χ3n) is 9.48. The van der Waals surface area contributed by atoms with Crippen LogP contribution in [0.4, 0.5) is 0 Å². The first-order valence-corrected chi connectivity index (χ1v) is 15.5. The van der Waals surface area contributed by atoms with E-state index in [0.717, 1.165) is 44.6 Å². The molecule has 0 radical (unpaired) electrons. The second-order valence-corrected chi connectivity index (χ2v) is 12.2. The number of rotatable bonds is 3. The van der Waals surface area contributed by atoms with Gasteiger partial charge in [0.2, 0.25) is 0 Å². The molecule has 0 spiro atoms. The number of fused-ring (bicyclic) bond motifs is 6. The molecule has 218 valence electrons. The first-order valence-electron chi connectivity index (χ1n) is 15.5. The Hall–Kier alpha value is -6.10. The molecule has 0 amide bonds. The Bertz CT molecular complexity index is 2390. The van der Waals surface area contributed by atoms with E-state index in [1.54, 1.807) is 0 Å². The molecule has 46 heavy (non-hydrogen) atoms. The molecule has 4 nitrogen and oxygen atoms in total. The van der Waals surface area contributed by atoms with Gasteiger partial charge in [0.25, 0.3) is 0 Å². The lowest BCUT2D eigenvalue weighted by Gasteiger charge is -2.18. The van der Waals surface area contributed by atoms with Gasteiger partial charge in [0.1, 0.15) is 11.6 Å². The lowest BCUT2D eigenvalue weighted by atomic mass is 9.98. The van der Waals surface area contributed by atoms with E-state index in [4.69, 9.17) is 0 Å². The Morgan fingerprint density at radius 2 is 0.826 bits per heavy atom. The summed E-state index contributed by atoms with van der Waals surface area (Å²) in [6, 6.07) is 42.5. The summed E-state index contributed by atoms with van der Waals surface area (Å²) in [4.78, 5) is 0. The molecule has 0 saturated heterocycles. The van der Waals surface area contributed by atoms with Crippen LogP contribution in [0.3, 0.4) is 0 Å². The van der Waals surface area contributed by atoms with E-state index in [2.05, 4.69) is 134 Å². The number of benzene rings is 6. The molecule has 0 N–H and O–H groups in total. The highest BCUT2D eigenvalue weighted by atomic mass is 15.0. The maximum Gasteiger partial charge on any atom is 0.104 e. The first-order chi connectivity index (χ1) is 22.4. The fourth-order valence-electron chi connectivity index (χ4n) is 7.45. The molecular weight excluding hydrogens is 560 g/mol. The number of hydrogen-bond donors (Lipinski definition) is 0. The zero-order valence-corrected chi connectivity index (χ0v) is 26.2. The number of aromatic nitrogens is 2. The third-order valence-corrected chi connectivity index (χ3v) is 9.48. The van der Waals surface area contributed by atoms with Crippen LogP contribution in [0.1, 0.15) is 33.4 Å². The van der Waals surface area contributed by atoms with Gasteiger partial charge in [-0.3, -0.25) is 0 Å². The largest absolute Gasteiger partial charge is 0.308 e. The van der Waals surface area contributed by atoms with Gasteiger partial charge in [-0.2, -0.15) is 10.5 Å². The molecule has 0 aliphatic rings. The molecular formula is C42H30N4. The molecule has 6 aromatic carbocycles. The van der Waals surface area contributed by atoms with Crippen molar-refractivity contribution in [2.45, 2.75) is 27.7 Å². The van der Waals surface area contributed by atoms with Crippen molar-refractivity contribution >= 4 is 43.6 Å². The average Bonchev–Trinajstić information content (AvgIpc) is 3.60. The molecule has 0 unspecified atom stereocenters. The van der Waals surface area contributed by atoms with Crippen LogP contribution in [0.25, 0.3) is 66.1 Å². The van der Waals surface area contributed by atoms with Crippen molar-refractivity contribution in [3.8, 4) is 34.6 Å². The van der Waals surface area contributed by atoms with Gasteiger partial charge < -0.3 is 9.13 Å². The minimum Gasteiger partial charge on any atom is -0.308 e. The van der Waals surface area contributed by atoms with Gasteiger partial charge in [-0.15, -0.1) is 0 Å². The molecule has 8 rings (SSSR count). The molecule has 0 atom stereocenters. The number of nitrogens with zero attached hydrogens (tertiary/aromatic N) is 4. The van der Waals surface area contributed by atoms with Gasteiger partial charge in [-0.25, -0.2) is 0 Å². The monoisotopic (exact) mass is 590 g/mol. The summed E-state index contributed by atoms with van der Waals surface area (Å²) in [5.41, 5.74) is 13.7. The van der Waals surface area contributed by atoms with Crippen molar-refractivity contribution < 1.29 is 0 Å². The summed E-state index contributed by atoms with van der Waals surface area (Å²) in [6.07, 6.45) is 0. The van der Waals surface area contributed by atoms with Crippen molar-refractivity contribution in [2.24, 2.45) is 0 Å². The van der Waals surface area contributed by atoms with E-state index in [9.17, 15) is 10.5 Å². The fourth-order valence-corrected chi connectivity index (χ4v) is 7.45. The highest BCUT2D eigenvalue weighted by Gasteiger charge is 2.24. The van der Waals surface area contributed by atoms with Gasteiger partial charge in [0.05, 0.1) is 45.1 Å². The lowest BCUT2D eigenvalue weighted by Crippen LogP contribution is -2.05. The predicted octanol–water partition coefficient (Wildman–Crippen LogP) is 10.5. The van der Waals surface area contributed by atoms with Crippen LogP contribution in [-0.4, -0.2) is 9.13 Å². The summed E-state index contributed by atoms with van der Waals surface area (Å²) in [5, 5.41) is 25.7. The molecule has 0 aliphatic carbocycles.